The minimum Gasteiger partial charge on any atom is -0.356 e. The lowest BCUT2D eigenvalue weighted by molar-refractivity contribution is -0.156. The third-order valence-electron chi connectivity index (χ3n) is 6.00. The van der Waals surface area contributed by atoms with E-state index in [1.807, 2.05) is 6.33 Å². The number of amides is 1. The molecule has 4 fully saturated rings. The van der Waals surface area contributed by atoms with Gasteiger partial charge in [0.2, 0.25) is 10.6 Å². The molecule has 120 valence electrons. The Bertz CT molecular complexity index is 585. The molecule has 1 aromatic rings. The summed E-state index contributed by atoms with van der Waals surface area (Å²) in [6.45, 7) is 2.90. The van der Waals surface area contributed by atoms with E-state index in [1.54, 1.807) is 0 Å². The fraction of sp³-hybridized carbons (Fsp3) is 0.812. The van der Waals surface area contributed by atoms with Gasteiger partial charge in [-0.15, -0.1) is 5.10 Å². The molecule has 22 heavy (non-hydrogen) atoms. The summed E-state index contributed by atoms with van der Waals surface area (Å²) in [7, 11) is 0. The molecule has 0 aliphatic heterocycles. The van der Waals surface area contributed by atoms with Crippen molar-refractivity contribution in [1.82, 2.24) is 20.1 Å². The predicted octanol–water partition coefficient (Wildman–Crippen LogP) is 2.86. The quantitative estimate of drug-likeness (QED) is 0.890. The molecular weight excluding hydrogens is 344 g/mol. The van der Waals surface area contributed by atoms with Crippen LogP contribution in [0.3, 0.4) is 0 Å². The lowest BCUT2D eigenvalue weighted by Crippen LogP contribution is -2.61. The van der Waals surface area contributed by atoms with Crippen molar-refractivity contribution in [2.75, 3.05) is 6.54 Å². The summed E-state index contributed by atoms with van der Waals surface area (Å²) >= 11 is 3.37. The van der Waals surface area contributed by atoms with Gasteiger partial charge >= 0.3 is 0 Å². The Morgan fingerprint density at radius 2 is 2.14 bits per heavy atom. The Morgan fingerprint density at radius 3 is 2.73 bits per heavy atom. The van der Waals surface area contributed by atoms with E-state index in [-0.39, 0.29) is 16.9 Å². The van der Waals surface area contributed by atoms with Crippen LogP contribution in [0, 0.1) is 17.3 Å². The van der Waals surface area contributed by atoms with Crippen LogP contribution in [0.4, 0.5) is 0 Å². The molecule has 1 heterocycles. The predicted molar refractivity (Wildman–Crippen MR) is 86.1 cm³/mol. The highest BCUT2D eigenvalue weighted by atomic mass is 79.9. The summed E-state index contributed by atoms with van der Waals surface area (Å²) in [6, 6.07) is 0. The van der Waals surface area contributed by atoms with Crippen LogP contribution in [0.1, 0.15) is 51.9 Å². The zero-order valence-electron chi connectivity index (χ0n) is 13.0. The fourth-order valence-corrected chi connectivity index (χ4v) is 5.91. The van der Waals surface area contributed by atoms with E-state index < -0.39 is 0 Å². The highest BCUT2D eigenvalue weighted by molar-refractivity contribution is 9.10. The van der Waals surface area contributed by atoms with E-state index in [0.29, 0.717) is 16.6 Å². The minimum atomic E-state index is -0.169. The molecule has 0 spiro atoms. The van der Waals surface area contributed by atoms with Gasteiger partial charge in [0.25, 0.3) is 0 Å². The molecule has 4 atom stereocenters. The van der Waals surface area contributed by atoms with Crippen molar-refractivity contribution >= 4 is 21.8 Å². The van der Waals surface area contributed by atoms with Crippen molar-refractivity contribution in [2.24, 2.45) is 17.3 Å². The lowest BCUT2D eigenvalue weighted by atomic mass is 9.46. The van der Waals surface area contributed by atoms with Gasteiger partial charge in [-0.05, 0) is 72.7 Å². The molecule has 4 bridgehead atoms. The van der Waals surface area contributed by atoms with Gasteiger partial charge < -0.3 is 5.32 Å². The number of nitrogens with zero attached hydrogens (tertiary/aromatic N) is 3. The Balaban J connectivity index is 1.67. The fourth-order valence-electron chi connectivity index (χ4n) is 5.65. The zero-order chi connectivity index (χ0) is 15.4. The molecule has 5 rings (SSSR count). The van der Waals surface area contributed by atoms with Gasteiger partial charge in [-0.25, -0.2) is 9.67 Å². The van der Waals surface area contributed by atoms with Crippen LogP contribution in [0.15, 0.2) is 11.1 Å². The molecule has 1 aromatic heterocycles. The largest absolute Gasteiger partial charge is 0.356 e. The average Bonchev–Trinajstić information content (AvgIpc) is 2.91. The van der Waals surface area contributed by atoms with Crippen molar-refractivity contribution in [3.05, 3.63) is 11.1 Å². The van der Waals surface area contributed by atoms with E-state index in [2.05, 4.69) is 42.9 Å². The summed E-state index contributed by atoms with van der Waals surface area (Å²) in [5.74, 6) is 1.61. The molecular formula is C16H23BrN4O. The summed E-state index contributed by atoms with van der Waals surface area (Å²) in [5.41, 5.74) is -0.162. The van der Waals surface area contributed by atoms with Gasteiger partial charge in [0.15, 0.2) is 0 Å². The van der Waals surface area contributed by atoms with Crippen molar-refractivity contribution < 1.29 is 4.79 Å². The summed E-state index contributed by atoms with van der Waals surface area (Å²) < 4.78 is 2.70. The number of hydrogen-bond donors (Lipinski definition) is 1. The van der Waals surface area contributed by atoms with Crippen LogP contribution in [0.5, 0.6) is 0 Å². The normalized spacial score (nSPS) is 39.2. The maximum absolute atomic E-state index is 12.9. The summed E-state index contributed by atoms with van der Waals surface area (Å²) in [5, 5.41) is 7.71. The molecule has 6 heteroatoms. The van der Waals surface area contributed by atoms with E-state index >= 15 is 0 Å². The number of halogens is 1. The number of rotatable bonds is 4. The van der Waals surface area contributed by atoms with Gasteiger partial charge in [0.05, 0.1) is 11.0 Å². The number of aromatic nitrogens is 3. The van der Waals surface area contributed by atoms with E-state index in [4.69, 9.17) is 0 Å². The highest BCUT2D eigenvalue weighted by Crippen LogP contribution is 2.64. The highest BCUT2D eigenvalue weighted by Gasteiger charge is 2.61. The summed E-state index contributed by atoms with van der Waals surface area (Å²) in [6.07, 6.45) is 9.50. The first-order chi connectivity index (χ1) is 10.6. The SMILES string of the molecule is CCCNC(=O)C12C[C@H]3C[C@@H](C1)CC(n1cnc(Br)n1)(C3)C2. The Labute approximate surface area is 139 Å². The standard InChI is InChI=1S/C16H23BrN4O/c1-2-3-18-13(22)15-5-11-4-12(6-15)8-16(7-11,9-15)21-10-19-14(17)20-21/h10-12H,2-9H2,1H3,(H,18,22)/t11-,12+,15?,16?. The number of hydrogen-bond acceptors (Lipinski definition) is 3. The summed E-state index contributed by atoms with van der Waals surface area (Å²) in [4.78, 5) is 17.1. The van der Waals surface area contributed by atoms with Crippen LogP contribution in [0.25, 0.3) is 0 Å². The van der Waals surface area contributed by atoms with E-state index in [0.717, 1.165) is 45.1 Å². The zero-order valence-corrected chi connectivity index (χ0v) is 14.6. The van der Waals surface area contributed by atoms with E-state index in [1.165, 1.54) is 6.42 Å². The minimum absolute atomic E-state index is 0.00661. The number of carbonyl (C=O) groups is 1. The van der Waals surface area contributed by atoms with Gasteiger partial charge in [-0.3, -0.25) is 4.79 Å². The molecule has 5 nitrogen and oxygen atoms in total. The Kier molecular flexibility index (Phi) is 3.36. The van der Waals surface area contributed by atoms with Crippen LogP contribution >= 0.6 is 15.9 Å². The first kappa shape index (κ1) is 14.7. The lowest BCUT2D eigenvalue weighted by Gasteiger charge is -2.60. The Hall–Kier alpha value is -0.910. The van der Waals surface area contributed by atoms with Gasteiger partial charge in [0, 0.05) is 6.54 Å². The van der Waals surface area contributed by atoms with Crippen molar-refractivity contribution in [3.63, 3.8) is 0 Å². The topological polar surface area (TPSA) is 59.8 Å². The number of carbonyl (C=O) groups excluding carboxylic acids is 1. The van der Waals surface area contributed by atoms with E-state index in [9.17, 15) is 4.79 Å². The third-order valence-corrected chi connectivity index (χ3v) is 6.36. The van der Waals surface area contributed by atoms with Crippen LogP contribution in [0.2, 0.25) is 0 Å². The van der Waals surface area contributed by atoms with Crippen molar-refractivity contribution in [3.8, 4) is 0 Å². The first-order valence-corrected chi connectivity index (χ1v) is 9.20. The monoisotopic (exact) mass is 366 g/mol. The molecule has 2 unspecified atom stereocenters. The second-order valence-corrected chi connectivity index (χ2v) is 8.39. The molecule has 4 aliphatic carbocycles. The molecule has 4 aliphatic rings. The molecule has 0 aromatic carbocycles. The maximum Gasteiger partial charge on any atom is 0.226 e. The second kappa shape index (κ2) is 5.05. The van der Waals surface area contributed by atoms with Crippen LogP contribution in [-0.4, -0.2) is 27.2 Å². The van der Waals surface area contributed by atoms with Gasteiger partial charge in [0.1, 0.15) is 6.33 Å². The molecule has 4 saturated carbocycles. The van der Waals surface area contributed by atoms with Gasteiger partial charge in [-0.2, -0.15) is 0 Å². The molecule has 0 radical (unpaired) electrons. The van der Waals surface area contributed by atoms with Crippen LogP contribution < -0.4 is 5.32 Å². The molecule has 0 saturated heterocycles. The average molecular weight is 367 g/mol. The molecule has 1 amide bonds. The third kappa shape index (κ3) is 2.14. The number of nitrogens with one attached hydrogen (secondary N) is 1. The first-order valence-electron chi connectivity index (χ1n) is 8.41. The smallest absolute Gasteiger partial charge is 0.226 e. The maximum atomic E-state index is 12.9. The molecule has 1 N–H and O–H groups in total. The van der Waals surface area contributed by atoms with Crippen LogP contribution in [-0.2, 0) is 10.3 Å². The Morgan fingerprint density at radius 1 is 1.41 bits per heavy atom. The van der Waals surface area contributed by atoms with Gasteiger partial charge in [-0.1, -0.05) is 6.92 Å². The second-order valence-electron chi connectivity index (χ2n) is 7.68. The van der Waals surface area contributed by atoms with Crippen molar-refractivity contribution in [1.29, 1.82) is 0 Å². The van der Waals surface area contributed by atoms with Crippen molar-refractivity contribution in [2.45, 2.75) is 57.4 Å².